The fourth-order valence-electron chi connectivity index (χ4n) is 3.41. The number of nitrogens with zero attached hydrogens (tertiary/aromatic N) is 2. The number of benzene rings is 1. The van der Waals surface area contributed by atoms with E-state index in [4.69, 9.17) is 4.74 Å². The van der Waals surface area contributed by atoms with Crippen molar-refractivity contribution in [1.82, 2.24) is 10.3 Å². The Hall–Kier alpha value is -2.75. The molecule has 0 saturated carbocycles. The summed E-state index contributed by atoms with van der Waals surface area (Å²) < 4.78 is 28.6. The fourth-order valence-corrected chi connectivity index (χ4v) is 5.10. The molecule has 3 atom stereocenters. The van der Waals surface area contributed by atoms with Crippen molar-refractivity contribution in [1.29, 1.82) is 0 Å². The molecule has 2 amide bonds. The number of sulfone groups is 1. The molecule has 10 heteroatoms. The minimum absolute atomic E-state index is 0.00640. The molecule has 0 spiro atoms. The summed E-state index contributed by atoms with van der Waals surface area (Å²) in [5.74, 6) is -1.74. The highest BCUT2D eigenvalue weighted by atomic mass is 32.2. The summed E-state index contributed by atoms with van der Waals surface area (Å²) in [5, 5.41) is 7.94. The van der Waals surface area contributed by atoms with Crippen LogP contribution in [-0.2, 0) is 29.0 Å². The Kier molecular flexibility index (Phi) is 6.55. The second kappa shape index (κ2) is 8.95. The highest BCUT2D eigenvalue weighted by molar-refractivity contribution is 7.91. The van der Waals surface area contributed by atoms with E-state index in [-0.39, 0.29) is 48.4 Å². The van der Waals surface area contributed by atoms with Crippen LogP contribution in [0.25, 0.3) is 0 Å². The van der Waals surface area contributed by atoms with Gasteiger partial charge in [0.25, 0.3) is 5.91 Å². The number of esters is 1. The van der Waals surface area contributed by atoms with Gasteiger partial charge in [-0.05, 0) is 25.8 Å². The molecular formula is C20H25N3O6S. The minimum Gasteiger partial charge on any atom is -0.448 e. The molecule has 2 aliphatic rings. The summed E-state index contributed by atoms with van der Waals surface area (Å²) >= 11 is 0. The van der Waals surface area contributed by atoms with Gasteiger partial charge in [0.15, 0.2) is 15.9 Å². The van der Waals surface area contributed by atoms with Gasteiger partial charge in [-0.1, -0.05) is 30.3 Å². The smallest absolute Gasteiger partial charge is 0.355 e. The van der Waals surface area contributed by atoms with Gasteiger partial charge in [0.05, 0.1) is 23.6 Å². The molecule has 3 rings (SSSR count). The van der Waals surface area contributed by atoms with Gasteiger partial charge in [-0.15, -0.1) is 0 Å². The normalized spacial score (nSPS) is 22.7. The third-order valence-corrected chi connectivity index (χ3v) is 6.91. The number of hydrogen-bond acceptors (Lipinski definition) is 7. The van der Waals surface area contributed by atoms with Crippen molar-refractivity contribution in [2.45, 2.75) is 51.3 Å². The van der Waals surface area contributed by atoms with Crippen LogP contribution in [0, 0.1) is 0 Å². The van der Waals surface area contributed by atoms with Crippen molar-refractivity contribution in [3.8, 4) is 0 Å². The van der Waals surface area contributed by atoms with Crippen molar-refractivity contribution < 1.29 is 27.5 Å². The number of nitrogens with one attached hydrogen (secondary N) is 1. The number of hydrazone groups is 1. The average Bonchev–Trinajstić information content (AvgIpc) is 3.08. The summed E-state index contributed by atoms with van der Waals surface area (Å²) in [5.41, 5.74) is 0.927. The molecule has 2 heterocycles. The summed E-state index contributed by atoms with van der Waals surface area (Å²) in [6.45, 7) is 3.28. The van der Waals surface area contributed by atoms with Gasteiger partial charge in [0.2, 0.25) is 5.91 Å². The monoisotopic (exact) mass is 435 g/mol. The van der Waals surface area contributed by atoms with Crippen LogP contribution >= 0.6 is 0 Å². The number of hydrogen-bond donors (Lipinski definition) is 1. The predicted molar refractivity (Wildman–Crippen MR) is 109 cm³/mol. The molecule has 2 aliphatic heterocycles. The van der Waals surface area contributed by atoms with Crippen molar-refractivity contribution >= 4 is 33.3 Å². The van der Waals surface area contributed by atoms with Crippen LogP contribution in [0.5, 0.6) is 0 Å². The first-order valence-electron chi connectivity index (χ1n) is 9.82. The number of amides is 2. The number of carbonyl (C=O) groups excluding carboxylic acids is 3. The van der Waals surface area contributed by atoms with Crippen LogP contribution in [0.1, 0.15) is 44.7 Å². The molecule has 0 radical (unpaired) electrons. The molecule has 9 nitrogen and oxygen atoms in total. The standard InChI is InChI=1S/C20H25N3O6S/c1-13(15-6-4-3-5-7-15)21-19(25)14(2)29-20(26)17-8-9-18(24)23(22-17)16-10-11-30(27,28)12-16/h3-7,13-14,16H,8-12H2,1-2H3,(H,21,25)/t13-,14-,16-/m0/s1. The van der Waals surface area contributed by atoms with Gasteiger partial charge in [0.1, 0.15) is 5.71 Å². The van der Waals surface area contributed by atoms with E-state index in [9.17, 15) is 22.8 Å². The van der Waals surface area contributed by atoms with Crippen molar-refractivity contribution in [2.24, 2.45) is 5.10 Å². The fraction of sp³-hybridized carbons (Fsp3) is 0.500. The predicted octanol–water partition coefficient (Wildman–Crippen LogP) is 0.961. The molecule has 0 unspecified atom stereocenters. The van der Waals surface area contributed by atoms with Crippen LogP contribution in [0.2, 0.25) is 0 Å². The molecule has 0 bridgehead atoms. The molecule has 1 N–H and O–H groups in total. The SMILES string of the molecule is C[C@H](OC(=O)C1=NN([C@H]2CCS(=O)(=O)C2)C(=O)CC1)C(=O)N[C@@H](C)c1ccccc1. The van der Waals surface area contributed by atoms with Gasteiger partial charge in [-0.3, -0.25) is 9.59 Å². The van der Waals surface area contributed by atoms with Crippen molar-refractivity contribution in [2.75, 3.05) is 11.5 Å². The number of rotatable bonds is 6. The van der Waals surface area contributed by atoms with E-state index in [1.807, 2.05) is 37.3 Å². The molecule has 1 fully saturated rings. The lowest BCUT2D eigenvalue weighted by molar-refractivity contribution is -0.149. The molecule has 0 aromatic heterocycles. The van der Waals surface area contributed by atoms with Crippen LogP contribution in [0.4, 0.5) is 0 Å². The molecular weight excluding hydrogens is 410 g/mol. The molecule has 1 aromatic rings. The lowest BCUT2D eigenvalue weighted by Crippen LogP contribution is -2.43. The van der Waals surface area contributed by atoms with Crippen molar-refractivity contribution in [3.05, 3.63) is 35.9 Å². The summed E-state index contributed by atoms with van der Waals surface area (Å²) in [6.07, 6.45) is -0.640. The largest absolute Gasteiger partial charge is 0.448 e. The summed E-state index contributed by atoms with van der Waals surface area (Å²) in [6, 6.07) is 8.54. The van der Waals surface area contributed by atoms with E-state index >= 15 is 0 Å². The lowest BCUT2D eigenvalue weighted by Gasteiger charge is -2.27. The zero-order chi connectivity index (χ0) is 21.9. The second-order valence-corrected chi connectivity index (χ2v) is 9.76. The highest BCUT2D eigenvalue weighted by Crippen LogP contribution is 2.22. The van der Waals surface area contributed by atoms with Gasteiger partial charge >= 0.3 is 5.97 Å². The van der Waals surface area contributed by atoms with E-state index < -0.39 is 33.9 Å². The van der Waals surface area contributed by atoms with Crippen LogP contribution in [-0.4, -0.2) is 60.6 Å². The summed E-state index contributed by atoms with van der Waals surface area (Å²) in [4.78, 5) is 37.0. The van der Waals surface area contributed by atoms with E-state index in [1.54, 1.807) is 0 Å². The number of carbonyl (C=O) groups is 3. The van der Waals surface area contributed by atoms with E-state index in [2.05, 4.69) is 10.4 Å². The molecule has 0 aliphatic carbocycles. The van der Waals surface area contributed by atoms with Crippen LogP contribution in [0.3, 0.4) is 0 Å². The maximum atomic E-state index is 12.5. The first kappa shape index (κ1) is 21.9. The Morgan fingerprint density at radius 3 is 2.53 bits per heavy atom. The van der Waals surface area contributed by atoms with Gasteiger partial charge in [-0.2, -0.15) is 5.10 Å². The zero-order valence-electron chi connectivity index (χ0n) is 16.9. The topological polar surface area (TPSA) is 122 Å². The number of ether oxygens (including phenoxy) is 1. The average molecular weight is 436 g/mol. The Morgan fingerprint density at radius 2 is 1.90 bits per heavy atom. The van der Waals surface area contributed by atoms with E-state index in [0.29, 0.717) is 0 Å². The minimum atomic E-state index is -3.20. The Balaban J connectivity index is 1.60. The van der Waals surface area contributed by atoms with Crippen LogP contribution in [0.15, 0.2) is 35.4 Å². The maximum Gasteiger partial charge on any atom is 0.355 e. The third-order valence-electron chi connectivity index (χ3n) is 5.16. The Morgan fingerprint density at radius 1 is 1.20 bits per heavy atom. The molecule has 1 saturated heterocycles. The molecule has 30 heavy (non-hydrogen) atoms. The molecule has 162 valence electrons. The third kappa shape index (κ3) is 5.24. The van der Waals surface area contributed by atoms with Gasteiger partial charge in [0, 0.05) is 12.8 Å². The first-order valence-corrected chi connectivity index (χ1v) is 11.6. The maximum absolute atomic E-state index is 12.5. The zero-order valence-corrected chi connectivity index (χ0v) is 17.7. The Bertz CT molecular complexity index is 960. The lowest BCUT2D eigenvalue weighted by atomic mass is 10.1. The molecule has 1 aromatic carbocycles. The first-order chi connectivity index (χ1) is 14.2. The van der Waals surface area contributed by atoms with E-state index in [1.165, 1.54) is 6.92 Å². The highest BCUT2D eigenvalue weighted by Gasteiger charge is 2.38. The second-order valence-electron chi connectivity index (χ2n) is 7.53. The van der Waals surface area contributed by atoms with Gasteiger partial charge in [-0.25, -0.2) is 18.2 Å². The Labute approximate surface area is 175 Å². The van der Waals surface area contributed by atoms with E-state index in [0.717, 1.165) is 10.6 Å². The van der Waals surface area contributed by atoms with Gasteiger partial charge < -0.3 is 10.1 Å². The van der Waals surface area contributed by atoms with Crippen molar-refractivity contribution in [3.63, 3.8) is 0 Å². The quantitative estimate of drug-likeness (QED) is 0.664. The van der Waals surface area contributed by atoms with Crippen LogP contribution < -0.4 is 5.32 Å². The summed E-state index contributed by atoms with van der Waals surface area (Å²) in [7, 11) is -3.20.